The van der Waals surface area contributed by atoms with Crippen LogP contribution in [0.2, 0.25) is 0 Å². The molecule has 0 spiro atoms. The van der Waals surface area contributed by atoms with Crippen LogP contribution in [-0.4, -0.2) is 16.6 Å². The van der Waals surface area contributed by atoms with Gasteiger partial charge in [0.1, 0.15) is 11.4 Å². The van der Waals surface area contributed by atoms with E-state index in [1.54, 1.807) is 18.2 Å². The number of benzene rings is 2. The van der Waals surface area contributed by atoms with Crippen molar-refractivity contribution in [1.82, 2.24) is 0 Å². The summed E-state index contributed by atoms with van der Waals surface area (Å²) in [6, 6.07) is 13.9. The monoisotopic (exact) mass is 385 g/mol. The number of aryl methyl sites for hydroxylation is 1. The van der Waals surface area contributed by atoms with Crippen LogP contribution in [-0.2, 0) is 4.79 Å². The summed E-state index contributed by atoms with van der Waals surface area (Å²) in [5, 5.41) is 3.03. The van der Waals surface area contributed by atoms with E-state index >= 15 is 0 Å². The summed E-state index contributed by atoms with van der Waals surface area (Å²) in [5.41, 5.74) is 6.96. The molecule has 27 heavy (non-hydrogen) atoms. The van der Waals surface area contributed by atoms with E-state index < -0.39 is 11.4 Å². The standard InChI is InChI=1S/C21H24FN3OS/c1-15-9-3-5-11-17(15)24-19(26)21(13-7-2-8-14-21)25(20(23)27)18-12-6-4-10-16(18)22/h3-6,9-12H,2,7-8,13-14H2,1H3,(H2,23,27)(H,24,26). The minimum Gasteiger partial charge on any atom is -0.376 e. The van der Waals surface area contributed by atoms with Crippen LogP contribution < -0.4 is 16.0 Å². The number of nitrogens with one attached hydrogen (secondary N) is 1. The molecule has 0 atom stereocenters. The Morgan fingerprint density at radius 3 is 2.37 bits per heavy atom. The summed E-state index contributed by atoms with van der Waals surface area (Å²) in [4.78, 5) is 15.0. The second kappa shape index (κ2) is 8.05. The molecule has 4 nitrogen and oxygen atoms in total. The molecule has 3 N–H and O–H groups in total. The van der Waals surface area contributed by atoms with E-state index in [0.29, 0.717) is 12.8 Å². The molecule has 0 bridgehead atoms. The smallest absolute Gasteiger partial charge is 0.250 e. The van der Waals surface area contributed by atoms with Crippen LogP contribution in [0.3, 0.4) is 0 Å². The molecule has 0 unspecified atom stereocenters. The van der Waals surface area contributed by atoms with Crippen LogP contribution >= 0.6 is 12.2 Å². The zero-order chi connectivity index (χ0) is 19.4. The quantitative estimate of drug-likeness (QED) is 0.760. The minimum absolute atomic E-state index is 0.00179. The van der Waals surface area contributed by atoms with E-state index in [1.807, 2.05) is 31.2 Å². The SMILES string of the molecule is Cc1ccccc1NC(=O)C1(N(C(N)=S)c2ccccc2F)CCCCC1. The normalized spacial score (nSPS) is 15.8. The van der Waals surface area contributed by atoms with E-state index in [4.69, 9.17) is 18.0 Å². The maximum Gasteiger partial charge on any atom is 0.250 e. The van der Waals surface area contributed by atoms with Gasteiger partial charge < -0.3 is 16.0 Å². The number of amides is 1. The lowest BCUT2D eigenvalue weighted by molar-refractivity contribution is -0.122. The highest BCUT2D eigenvalue weighted by molar-refractivity contribution is 7.80. The zero-order valence-electron chi connectivity index (χ0n) is 15.4. The Balaban J connectivity index is 2.05. The summed E-state index contributed by atoms with van der Waals surface area (Å²) >= 11 is 5.28. The third-order valence-corrected chi connectivity index (χ3v) is 5.42. The molecule has 1 fully saturated rings. The molecule has 142 valence electrons. The molecule has 1 amide bonds. The maximum absolute atomic E-state index is 14.6. The van der Waals surface area contributed by atoms with Gasteiger partial charge in [-0.05, 0) is 55.7 Å². The lowest BCUT2D eigenvalue weighted by Crippen LogP contribution is -2.62. The predicted molar refractivity (Wildman–Crippen MR) is 111 cm³/mol. The van der Waals surface area contributed by atoms with Gasteiger partial charge in [0, 0.05) is 5.69 Å². The molecule has 0 aliphatic heterocycles. The summed E-state index contributed by atoms with van der Waals surface area (Å²) in [6.45, 7) is 1.94. The number of thiocarbonyl (C=S) groups is 1. The Morgan fingerprint density at radius 1 is 1.11 bits per heavy atom. The van der Waals surface area contributed by atoms with Gasteiger partial charge in [-0.2, -0.15) is 0 Å². The number of para-hydroxylation sites is 2. The van der Waals surface area contributed by atoms with E-state index in [0.717, 1.165) is 30.5 Å². The molecule has 0 aromatic heterocycles. The molecular weight excluding hydrogens is 361 g/mol. The number of hydrogen-bond acceptors (Lipinski definition) is 2. The number of nitrogens with two attached hydrogens (primary N) is 1. The molecule has 0 heterocycles. The highest BCUT2D eigenvalue weighted by Gasteiger charge is 2.47. The van der Waals surface area contributed by atoms with Gasteiger partial charge in [-0.1, -0.05) is 49.6 Å². The number of nitrogens with zero attached hydrogens (tertiary/aromatic N) is 1. The van der Waals surface area contributed by atoms with Crippen LogP contribution in [0.15, 0.2) is 48.5 Å². The van der Waals surface area contributed by atoms with Crippen molar-refractivity contribution in [3.63, 3.8) is 0 Å². The Hall–Kier alpha value is -2.47. The molecule has 3 rings (SSSR count). The predicted octanol–water partition coefficient (Wildman–Crippen LogP) is 4.53. The molecule has 6 heteroatoms. The van der Waals surface area contributed by atoms with E-state index in [1.165, 1.54) is 11.0 Å². The third-order valence-electron chi connectivity index (χ3n) is 5.24. The van der Waals surface area contributed by atoms with Crippen LogP contribution in [0, 0.1) is 12.7 Å². The first-order valence-corrected chi connectivity index (χ1v) is 9.58. The highest BCUT2D eigenvalue weighted by atomic mass is 32.1. The summed E-state index contributed by atoms with van der Waals surface area (Å²) in [6.07, 6.45) is 3.87. The molecule has 1 aliphatic rings. The average molecular weight is 386 g/mol. The number of carbonyl (C=O) groups is 1. The van der Waals surface area contributed by atoms with Gasteiger partial charge in [0.2, 0.25) is 0 Å². The molecule has 0 radical (unpaired) electrons. The first-order valence-electron chi connectivity index (χ1n) is 9.17. The van der Waals surface area contributed by atoms with Crippen molar-refractivity contribution in [2.24, 2.45) is 5.73 Å². The number of rotatable bonds is 4. The van der Waals surface area contributed by atoms with E-state index in [2.05, 4.69) is 5.32 Å². The van der Waals surface area contributed by atoms with Gasteiger partial charge in [0.05, 0.1) is 5.69 Å². The van der Waals surface area contributed by atoms with Crippen molar-refractivity contribution in [3.05, 3.63) is 59.9 Å². The molecule has 2 aromatic carbocycles. The molecule has 1 saturated carbocycles. The highest BCUT2D eigenvalue weighted by Crippen LogP contribution is 2.39. The van der Waals surface area contributed by atoms with Gasteiger partial charge in [0.25, 0.3) is 5.91 Å². The second-order valence-corrected chi connectivity index (χ2v) is 7.40. The molecule has 2 aromatic rings. The fourth-order valence-corrected chi connectivity index (χ4v) is 4.11. The maximum atomic E-state index is 14.6. The van der Waals surface area contributed by atoms with Crippen LogP contribution in [0.4, 0.5) is 15.8 Å². The van der Waals surface area contributed by atoms with E-state index in [-0.39, 0.29) is 16.7 Å². The largest absolute Gasteiger partial charge is 0.376 e. The Bertz CT molecular complexity index is 849. The van der Waals surface area contributed by atoms with Crippen molar-refractivity contribution in [1.29, 1.82) is 0 Å². The van der Waals surface area contributed by atoms with Crippen LogP contribution in [0.5, 0.6) is 0 Å². The lowest BCUT2D eigenvalue weighted by Gasteiger charge is -2.45. The van der Waals surface area contributed by atoms with Crippen molar-refractivity contribution < 1.29 is 9.18 Å². The van der Waals surface area contributed by atoms with Gasteiger partial charge in [-0.15, -0.1) is 0 Å². The Morgan fingerprint density at radius 2 is 1.74 bits per heavy atom. The molecule has 1 aliphatic carbocycles. The van der Waals surface area contributed by atoms with Gasteiger partial charge in [-0.25, -0.2) is 4.39 Å². The third kappa shape index (κ3) is 3.81. The zero-order valence-corrected chi connectivity index (χ0v) is 16.2. The Labute approximate surface area is 164 Å². The summed E-state index contributed by atoms with van der Waals surface area (Å²) in [7, 11) is 0. The average Bonchev–Trinajstić information content (AvgIpc) is 2.66. The second-order valence-electron chi connectivity index (χ2n) is 6.99. The van der Waals surface area contributed by atoms with Gasteiger partial charge >= 0.3 is 0 Å². The first-order chi connectivity index (χ1) is 13.0. The minimum atomic E-state index is -1.01. The summed E-state index contributed by atoms with van der Waals surface area (Å²) < 4.78 is 14.6. The summed E-state index contributed by atoms with van der Waals surface area (Å²) in [5.74, 6) is -0.647. The lowest BCUT2D eigenvalue weighted by atomic mass is 9.79. The fraction of sp³-hybridized carbons (Fsp3) is 0.333. The number of halogens is 1. The van der Waals surface area contributed by atoms with E-state index in [9.17, 15) is 9.18 Å². The first kappa shape index (κ1) is 19.3. The van der Waals surface area contributed by atoms with Crippen molar-refractivity contribution >= 4 is 34.6 Å². The number of hydrogen-bond donors (Lipinski definition) is 2. The molecule has 0 saturated heterocycles. The number of anilines is 2. The van der Waals surface area contributed by atoms with Crippen LogP contribution in [0.1, 0.15) is 37.7 Å². The Kier molecular flexibility index (Phi) is 5.75. The van der Waals surface area contributed by atoms with Gasteiger partial charge in [-0.3, -0.25) is 4.79 Å². The molecular formula is C21H24FN3OS. The van der Waals surface area contributed by atoms with Crippen molar-refractivity contribution in [2.75, 3.05) is 10.2 Å². The van der Waals surface area contributed by atoms with Crippen molar-refractivity contribution in [2.45, 2.75) is 44.6 Å². The van der Waals surface area contributed by atoms with Gasteiger partial charge in [0.15, 0.2) is 5.11 Å². The van der Waals surface area contributed by atoms with Crippen LogP contribution in [0.25, 0.3) is 0 Å². The topological polar surface area (TPSA) is 58.4 Å². The number of carbonyl (C=O) groups excluding carboxylic acids is 1. The fourth-order valence-electron chi connectivity index (χ4n) is 3.83. The van der Waals surface area contributed by atoms with Crippen molar-refractivity contribution in [3.8, 4) is 0 Å².